The SMILES string of the molecule is CCc1ccc(C(OC2(C)CCCOC2=O)c2ccccc2)cc1. The second-order valence-electron chi connectivity index (χ2n) is 6.47. The standard InChI is InChI=1S/C21H24O3/c1-3-16-10-12-18(13-11-16)19(17-8-5-4-6-9-17)24-21(2)14-7-15-23-20(21)22/h4-6,8-13,19H,3,7,14-15H2,1-2H3. The molecule has 0 radical (unpaired) electrons. The molecule has 0 bridgehead atoms. The molecule has 1 saturated heterocycles. The van der Waals surface area contributed by atoms with Crippen molar-refractivity contribution in [1.29, 1.82) is 0 Å². The Morgan fingerprint density at radius 2 is 1.75 bits per heavy atom. The summed E-state index contributed by atoms with van der Waals surface area (Å²) in [7, 11) is 0. The van der Waals surface area contributed by atoms with E-state index in [4.69, 9.17) is 9.47 Å². The molecule has 24 heavy (non-hydrogen) atoms. The summed E-state index contributed by atoms with van der Waals surface area (Å²) in [5.74, 6) is -0.264. The van der Waals surface area contributed by atoms with Gasteiger partial charge in [-0.15, -0.1) is 0 Å². The number of esters is 1. The molecule has 0 amide bonds. The van der Waals surface area contributed by atoms with Gasteiger partial charge in [0.05, 0.1) is 6.61 Å². The van der Waals surface area contributed by atoms with Gasteiger partial charge in [-0.3, -0.25) is 0 Å². The van der Waals surface area contributed by atoms with E-state index in [9.17, 15) is 4.79 Å². The first kappa shape index (κ1) is 16.7. The molecule has 0 saturated carbocycles. The quantitative estimate of drug-likeness (QED) is 0.762. The Hall–Kier alpha value is -2.13. The van der Waals surface area contributed by atoms with Crippen molar-refractivity contribution < 1.29 is 14.3 Å². The molecule has 2 atom stereocenters. The van der Waals surface area contributed by atoms with Gasteiger partial charge in [0, 0.05) is 0 Å². The maximum Gasteiger partial charge on any atom is 0.338 e. The number of carbonyl (C=O) groups excluding carboxylic acids is 1. The number of aryl methyl sites for hydroxylation is 1. The molecule has 3 rings (SSSR count). The molecule has 2 aromatic rings. The summed E-state index contributed by atoms with van der Waals surface area (Å²) in [5, 5.41) is 0. The van der Waals surface area contributed by atoms with Crippen LogP contribution in [0.4, 0.5) is 0 Å². The Morgan fingerprint density at radius 3 is 2.38 bits per heavy atom. The third kappa shape index (κ3) is 3.51. The predicted molar refractivity (Wildman–Crippen MR) is 93.8 cm³/mol. The van der Waals surface area contributed by atoms with Crippen LogP contribution in [0.3, 0.4) is 0 Å². The topological polar surface area (TPSA) is 35.5 Å². The van der Waals surface area contributed by atoms with Gasteiger partial charge in [-0.2, -0.15) is 0 Å². The normalized spacial score (nSPS) is 22.0. The van der Waals surface area contributed by atoms with Crippen LogP contribution in [-0.2, 0) is 20.7 Å². The molecule has 1 aliphatic rings. The molecule has 3 nitrogen and oxygen atoms in total. The van der Waals surface area contributed by atoms with E-state index in [0.29, 0.717) is 13.0 Å². The summed E-state index contributed by atoms with van der Waals surface area (Å²) in [6.45, 7) is 4.46. The summed E-state index contributed by atoms with van der Waals surface area (Å²) >= 11 is 0. The second-order valence-corrected chi connectivity index (χ2v) is 6.47. The van der Waals surface area contributed by atoms with Crippen molar-refractivity contribution in [3.8, 4) is 0 Å². The van der Waals surface area contributed by atoms with Crippen LogP contribution in [0, 0.1) is 0 Å². The highest BCUT2D eigenvalue weighted by molar-refractivity contribution is 5.79. The van der Waals surface area contributed by atoms with Crippen LogP contribution in [0.2, 0.25) is 0 Å². The number of carbonyl (C=O) groups is 1. The fraction of sp³-hybridized carbons (Fsp3) is 0.381. The molecule has 1 heterocycles. The first-order chi connectivity index (χ1) is 11.6. The highest BCUT2D eigenvalue weighted by Gasteiger charge is 2.41. The van der Waals surface area contributed by atoms with Gasteiger partial charge < -0.3 is 9.47 Å². The van der Waals surface area contributed by atoms with Crippen molar-refractivity contribution in [2.75, 3.05) is 6.61 Å². The molecule has 1 aliphatic heterocycles. The van der Waals surface area contributed by atoms with Gasteiger partial charge in [0.25, 0.3) is 0 Å². The van der Waals surface area contributed by atoms with Crippen LogP contribution < -0.4 is 0 Å². The summed E-state index contributed by atoms with van der Waals surface area (Å²) in [5.41, 5.74) is 2.48. The first-order valence-electron chi connectivity index (χ1n) is 8.61. The maximum absolute atomic E-state index is 12.3. The molecule has 0 aromatic heterocycles. The second kappa shape index (κ2) is 7.18. The fourth-order valence-electron chi connectivity index (χ4n) is 3.08. The largest absolute Gasteiger partial charge is 0.464 e. The van der Waals surface area contributed by atoms with E-state index in [0.717, 1.165) is 24.0 Å². The van der Waals surface area contributed by atoms with Crippen molar-refractivity contribution in [3.63, 3.8) is 0 Å². The van der Waals surface area contributed by atoms with Gasteiger partial charge in [-0.25, -0.2) is 4.79 Å². The minimum Gasteiger partial charge on any atom is -0.464 e. The zero-order valence-corrected chi connectivity index (χ0v) is 14.3. The number of hydrogen-bond donors (Lipinski definition) is 0. The van der Waals surface area contributed by atoms with Crippen LogP contribution in [0.15, 0.2) is 54.6 Å². The van der Waals surface area contributed by atoms with Gasteiger partial charge in [-0.1, -0.05) is 61.5 Å². The van der Waals surface area contributed by atoms with Crippen LogP contribution >= 0.6 is 0 Å². The highest BCUT2D eigenvalue weighted by atomic mass is 16.6. The van der Waals surface area contributed by atoms with Crippen LogP contribution in [0.5, 0.6) is 0 Å². The monoisotopic (exact) mass is 324 g/mol. The molecule has 3 heteroatoms. The molecular weight excluding hydrogens is 300 g/mol. The molecule has 2 aromatic carbocycles. The van der Waals surface area contributed by atoms with E-state index < -0.39 is 5.60 Å². The molecule has 0 N–H and O–H groups in total. The number of benzene rings is 2. The highest BCUT2D eigenvalue weighted by Crippen LogP contribution is 2.35. The van der Waals surface area contributed by atoms with E-state index in [1.54, 1.807) is 0 Å². The number of ether oxygens (including phenoxy) is 2. The van der Waals surface area contributed by atoms with E-state index in [1.165, 1.54) is 5.56 Å². The third-order valence-corrected chi connectivity index (χ3v) is 4.63. The minimum absolute atomic E-state index is 0.264. The molecule has 126 valence electrons. The minimum atomic E-state index is -0.901. The lowest BCUT2D eigenvalue weighted by Crippen LogP contribution is -2.44. The fourth-order valence-corrected chi connectivity index (χ4v) is 3.08. The zero-order chi connectivity index (χ0) is 17.0. The number of rotatable bonds is 5. The third-order valence-electron chi connectivity index (χ3n) is 4.63. The van der Waals surface area contributed by atoms with Crippen molar-refractivity contribution >= 4 is 5.97 Å². The van der Waals surface area contributed by atoms with E-state index in [2.05, 4.69) is 31.2 Å². The Morgan fingerprint density at radius 1 is 1.08 bits per heavy atom. The lowest BCUT2D eigenvalue weighted by Gasteiger charge is -2.35. The van der Waals surface area contributed by atoms with Crippen LogP contribution in [0.25, 0.3) is 0 Å². The lowest BCUT2D eigenvalue weighted by atomic mass is 9.94. The summed E-state index contributed by atoms with van der Waals surface area (Å²) in [4.78, 5) is 12.3. The Balaban J connectivity index is 1.94. The average Bonchev–Trinajstić information content (AvgIpc) is 2.63. The maximum atomic E-state index is 12.3. The smallest absolute Gasteiger partial charge is 0.338 e. The van der Waals surface area contributed by atoms with Crippen molar-refractivity contribution in [2.45, 2.75) is 44.8 Å². The van der Waals surface area contributed by atoms with Crippen LogP contribution in [0.1, 0.15) is 49.5 Å². The van der Waals surface area contributed by atoms with Gasteiger partial charge >= 0.3 is 5.97 Å². The van der Waals surface area contributed by atoms with Crippen molar-refractivity contribution in [3.05, 3.63) is 71.3 Å². The van der Waals surface area contributed by atoms with Crippen molar-refractivity contribution in [1.82, 2.24) is 0 Å². The Labute approximate surface area is 143 Å². The molecule has 1 fully saturated rings. The number of cyclic esters (lactones) is 1. The van der Waals surface area contributed by atoms with Crippen molar-refractivity contribution in [2.24, 2.45) is 0 Å². The molecule has 0 spiro atoms. The first-order valence-corrected chi connectivity index (χ1v) is 8.61. The molecule has 2 unspecified atom stereocenters. The van der Waals surface area contributed by atoms with Gasteiger partial charge in [0.1, 0.15) is 6.10 Å². The van der Waals surface area contributed by atoms with Gasteiger partial charge in [-0.05, 0) is 42.9 Å². The van der Waals surface area contributed by atoms with Crippen LogP contribution in [-0.4, -0.2) is 18.2 Å². The predicted octanol–water partition coefficient (Wildman–Crippen LogP) is 4.45. The summed E-state index contributed by atoms with van der Waals surface area (Å²) < 4.78 is 11.6. The zero-order valence-electron chi connectivity index (χ0n) is 14.3. The average molecular weight is 324 g/mol. The van der Waals surface area contributed by atoms with Gasteiger partial charge in [0.15, 0.2) is 5.60 Å². The Bertz CT molecular complexity index is 678. The Kier molecular flexibility index (Phi) is 5.00. The van der Waals surface area contributed by atoms with E-state index in [-0.39, 0.29) is 12.1 Å². The van der Waals surface area contributed by atoms with Gasteiger partial charge in [0.2, 0.25) is 0 Å². The number of hydrogen-bond acceptors (Lipinski definition) is 3. The lowest BCUT2D eigenvalue weighted by molar-refractivity contribution is -0.185. The molecule has 0 aliphatic carbocycles. The summed E-state index contributed by atoms with van der Waals surface area (Å²) in [6, 6.07) is 18.5. The summed E-state index contributed by atoms with van der Waals surface area (Å²) in [6.07, 6.45) is 2.23. The van der Waals surface area contributed by atoms with E-state index in [1.807, 2.05) is 37.3 Å². The molecular formula is C21H24O3. The van der Waals surface area contributed by atoms with E-state index >= 15 is 0 Å².